The summed E-state index contributed by atoms with van der Waals surface area (Å²) in [5, 5.41) is 2.69. The summed E-state index contributed by atoms with van der Waals surface area (Å²) in [5.41, 5.74) is 0.640. The van der Waals surface area contributed by atoms with Crippen LogP contribution in [0.2, 0.25) is 5.02 Å². The predicted molar refractivity (Wildman–Crippen MR) is 91.4 cm³/mol. The summed E-state index contributed by atoms with van der Waals surface area (Å²) in [7, 11) is 0. The maximum Gasteiger partial charge on any atom is 0.341 e. The maximum atomic E-state index is 13.7. The van der Waals surface area contributed by atoms with Crippen molar-refractivity contribution in [1.29, 1.82) is 0 Å². The molecule has 0 fully saturated rings. The van der Waals surface area contributed by atoms with Gasteiger partial charge in [0.1, 0.15) is 5.82 Å². The third-order valence-electron chi connectivity index (χ3n) is 3.36. The van der Waals surface area contributed by atoms with Gasteiger partial charge in [0.15, 0.2) is 11.9 Å². The minimum atomic E-state index is -1.14. The van der Waals surface area contributed by atoms with Gasteiger partial charge in [0.05, 0.1) is 5.56 Å². The summed E-state index contributed by atoms with van der Waals surface area (Å²) < 4.78 is 18.7. The van der Waals surface area contributed by atoms with E-state index in [2.05, 4.69) is 5.32 Å². The molecule has 0 radical (unpaired) electrons. The molecule has 5 nitrogen and oxygen atoms in total. The number of benzene rings is 2. The lowest BCUT2D eigenvalue weighted by molar-refractivity contribution is -0.123. The van der Waals surface area contributed by atoms with E-state index in [0.717, 1.165) is 6.07 Å². The predicted octanol–water partition coefficient (Wildman–Crippen LogP) is 3.87. The molecule has 0 heterocycles. The first kappa shape index (κ1) is 18.6. The molecular weight excluding hydrogens is 349 g/mol. The Kier molecular flexibility index (Phi) is 5.88. The van der Waals surface area contributed by atoms with Gasteiger partial charge in [-0.3, -0.25) is 9.59 Å². The molecule has 7 heteroatoms. The third-order valence-corrected chi connectivity index (χ3v) is 3.60. The van der Waals surface area contributed by atoms with E-state index in [1.807, 2.05) is 0 Å². The van der Waals surface area contributed by atoms with Crippen LogP contribution in [0.3, 0.4) is 0 Å². The number of esters is 1. The van der Waals surface area contributed by atoms with Gasteiger partial charge in [-0.25, -0.2) is 9.18 Å². The lowest BCUT2D eigenvalue weighted by atomic mass is 10.1. The van der Waals surface area contributed by atoms with Crippen LogP contribution in [0, 0.1) is 5.82 Å². The molecule has 25 heavy (non-hydrogen) atoms. The number of amides is 1. The molecule has 2 rings (SSSR count). The van der Waals surface area contributed by atoms with Crippen LogP contribution in [0.15, 0.2) is 42.5 Å². The largest absolute Gasteiger partial charge is 0.449 e. The van der Waals surface area contributed by atoms with Crippen molar-refractivity contribution in [3.63, 3.8) is 0 Å². The van der Waals surface area contributed by atoms with Gasteiger partial charge >= 0.3 is 5.97 Å². The van der Waals surface area contributed by atoms with E-state index in [9.17, 15) is 18.8 Å². The van der Waals surface area contributed by atoms with E-state index in [4.69, 9.17) is 16.3 Å². The Morgan fingerprint density at radius 2 is 1.76 bits per heavy atom. The number of ketones is 1. The highest BCUT2D eigenvalue weighted by Gasteiger charge is 2.21. The number of carbonyl (C=O) groups excluding carboxylic acids is 3. The number of hydrogen-bond donors (Lipinski definition) is 1. The highest BCUT2D eigenvalue weighted by Crippen LogP contribution is 2.16. The van der Waals surface area contributed by atoms with Crippen LogP contribution in [0.5, 0.6) is 0 Å². The lowest BCUT2D eigenvalue weighted by Gasteiger charge is -2.14. The Labute approximate surface area is 148 Å². The zero-order valence-corrected chi connectivity index (χ0v) is 14.3. The summed E-state index contributed by atoms with van der Waals surface area (Å²) in [6, 6.07) is 9.77. The van der Waals surface area contributed by atoms with Crippen LogP contribution in [0.1, 0.15) is 34.6 Å². The van der Waals surface area contributed by atoms with Gasteiger partial charge in [0.25, 0.3) is 5.91 Å². The van der Waals surface area contributed by atoms with E-state index in [1.54, 1.807) is 24.3 Å². The highest BCUT2D eigenvalue weighted by molar-refractivity contribution is 6.30. The number of carbonyl (C=O) groups is 3. The second-order valence-corrected chi connectivity index (χ2v) is 5.73. The van der Waals surface area contributed by atoms with Crippen molar-refractivity contribution in [3.05, 3.63) is 64.4 Å². The molecule has 1 unspecified atom stereocenters. The van der Waals surface area contributed by atoms with E-state index in [1.165, 1.54) is 26.0 Å². The van der Waals surface area contributed by atoms with Crippen LogP contribution in [0.4, 0.5) is 10.1 Å². The van der Waals surface area contributed by atoms with Crippen molar-refractivity contribution in [2.24, 2.45) is 0 Å². The van der Waals surface area contributed by atoms with Gasteiger partial charge in [-0.05, 0) is 56.3 Å². The summed E-state index contributed by atoms with van der Waals surface area (Å²) in [4.78, 5) is 35.2. The standard InChI is InChI=1S/C18H15ClFNO4/c1-10(22)12-3-6-14(7-4-12)21-17(23)11(2)25-18(24)15-8-5-13(19)9-16(15)20/h3-9,11H,1-2H3,(H,21,23). The quantitative estimate of drug-likeness (QED) is 0.646. The topological polar surface area (TPSA) is 72.5 Å². The van der Waals surface area contributed by atoms with Crippen molar-refractivity contribution in [1.82, 2.24) is 0 Å². The molecule has 0 aromatic heterocycles. The zero-order valence-electron chi connectivity index (χ0n) is 13.5. The fourth-order valence-electron chi connectivity index (χ4n) is 1.96. The number of hydrogen-bond acceptors (Lipinski definition) is 4. The van der Waals surface area contributed by atoms with Crippen molar-refractivity contribution in [3.8, 4) is 0 Å². The maximum absolute atomic E-state index is 13.7. The first-order valence-electron chi connectivity index (χ1n) is 7.36. The van der Waals surface area contributed by atoms with E-state index in [0.29, 0.717) is 11.3 Å². The van der Waals surface area contributed by atoms with Crippen molar-refractivity contribution >= 4 is 34.9 Å². The Hall–Kier alpha value is -2.73. The van der Waals surface area contributed by atoms with E-state index < -0.39 is 23.8 Å². The Bertz CT molecular complexity index is 820. The van der Waals surface area contributed by atoms with Gasteiger partial charge in [-0.2, -0.15) is 0 Å². The molecule has 0 saturated carbocycles. The third kappa shape index (κ3) is 4.87. The van der Waals surface area contributed by atoms with Crippen LogP contribution in [-0.4, -0.2) is 23.8 Å². The second kappa shape index (κ2) is 7.90. The fraction of sp³-hybridized carbons (Fsp3) is 0.167. The van der Waals surface area contributed by atoms with Gasteiger partial charge in [-0.15, -0.1) is 0 Å². The molecule has 0 bridgehead atoms. The summed E-state index contributed by atoms with van der Waals surface area (Å²) in [6.45, 7) is 2.80. The Morgan fingerprint density at radius 3 is 2.32 bits per heavy atom. The molecule has 0 aliphatic rings. The SMILES string of the molecule is CC(=O)c1ccc(NC(=O)C(C)OC(=O)c2ccc(Cl)cc2F)cc1. The molecular formula is C18H15ClFNO4. The molecule has 1 N–H and O–H groups in total. The molecule has 0 saturated heterocycles. The molecule has 0 aliphatic heterocycles. The highest BCUT2D eigenvalue weighted by atomic mass is 35.5. The first-order valence-corrected chi connectivity index (χ1v) is 7.73. The Morgan fingerprint density at radius 1 is 1.12 bits per heavy atom. The summed E-state index contributed by atoms with van der Waals surface area (Å²) in [6.07, 6.45) is -1.14. The van der Waals surface area contributed by atoms with Gasteiger partial charge in [0, 0.05) is 16.3 Å². The molecule has 1 atom stereocenters. The number of halogens is 2. The van der Waals surface area contributed by atoms with Crippen molar-refractivity contribution in [2.45, 2.75) is 20.0 Å². The van der Waals surface area contributed by atoms with Crippen molar-refractivity contribution < 1.29 is 23.5 Å². The molecule has 130 valence electrons. The fourth-order valence-corrected chi connectivity index (χ4v) is 2.12. The van der Waals surface area contributed by atoms with Crippen LogP contribution < -0.4 is 5.32 Å². The van der Waals surface area contributed by atoms with E-state index in [-0.39, 0.29) is 16.4 Å². The zero-order chi connectivity index (χ0) is 18.6. The molecule has 0 aliphatic carbocycles. The Balaban J connectivity index is 1.99. The number of nitrogens with one attached hydrogen (secondary N) is 1. The summed E-state index contributed by atoms with van der Waals surface area (Å²) in [5.74, 6) is -2.47. The number of ether oxygens (including phenoxy) is 1. The van der Waals surface area contributed by atoms with Gasteiger partial charge in [-0.1, -0.05) is 11.6 Å². The minimum Gasteiger partial charge on any atom is -0.449 e. The van der Waals surface area contributed by atoms with E-state index >= 15 is 0 Å². The smallest absolute Gasteiger partial charge is 0.341 e. The molecule has 1 amide bonds. The number of anilines is 1. The molecule has 0 spiro atoms. The van der Waals surface area contributed by atoms with Crippen LogP contribution in [0.25, 0.3) is 0 Å². The van der Waals surface area contributed by atoms with Crippen molar-refractivity contribution in [2.75, 3.05) is 5.32 Å². The summed E-state index contributed by atoms with van der Waals surface area (Å²) >= 11 is 5.62. The van der Waals surface area contributed by atoms with Crippen LogP contribution >= 0.6 is 11.6 Å². The normalized spacial score (nSPS) is 11.5. The first-order chi connectivity index (χ1) is 11.8. The molecule has 2 aromatic carbocycles. The monoisotopic (exact) mass is 363 g/mol. The molecule has 2 aromatic rings. The number of rotatable bonds is 5. The van der Waals surface area contributed by atoms with Gasteiger partial charge in [0.2, 0.25) is 0 Å². The van der Waals surface area contributed by atoms with Crippen LogP contribution in [-0.2, 0) is 9.53 Å². The second-order valence-electron chi connectivity index (χ2n) is 5.29. The minimum absolute atomic E-state index is 0.0924. The average molecular weight is 364 g/mol. The number of Topliss-reactive ketones (excluding diaryl/α,β-unsaturated/α-hetero) is 1. The lowest BCUT2D eigenvalue weighted by Crippen LogP contribution is -2.30. The van der Waals surface area contributed by atoms with Gasteiger partial charge < -0.3 is 10.1 Å². The average Bonchev–Trinajstić information content (AvgIpc) is 2.55.